The van der Waals surface area contributed by atoms with Gasteiger partial charge in [0, 0.05) is 7.11 Å². The standard InChI is InChI=1S/C8H13N3O/c1-4-8(12-3)7(2)11-6-9-5-10-11/h5-6,8H,2,4H2,1,3H3. The molecule has 4 heteroatoms. The van der Waals surface area contributed by atoms with Gasteiger partial charge >= 0.3 is 0 Å². The molecule has 0 amide bonds. The van der Waals surface area contributed by atoms with E-state index in [1.165, 1.54) is 6.33 Å². The Kier molecular flexibility index (Phi) is 2.99. The van der Waals surface area contributed by atoms with Gasteiger partial charge in [0.05, 0.1) is 11.8 Å². The fourth-order valence-electron chi connectivity index (χ4n) is 1.04. The van der Waals surface area contributed by atoms with Crippen molar-refractivity contribution in [1.82, 2.24) is 14.8 Å². The number of ether oxygens (including phenoxy) is 1. The molecule has 1 aromatic heterocycles. The van der Waals surface area contributed by atoms with Gasteiger partial charge < -0.3 is 4.74 Å². The lowest BCUT2D eigenvalue weighted by Gasteiger charge is -2.14. The molecule has 1 rings (SSSR count). The molecule has 1 heterocycles. The summed E-state index contributed by atoms with van der Waals surface area (Å²) < 4.78 is 6.82. The first-order valence-corrected chi connectivity index (χ1v) is 3.86. The number of hydrogen-bond acceptors (Lipinski definition) is 3. The van der Waals surface area contributed by atoms with Crippen molar-refractivity contribution in [2.45, 2.75) is 19.4 Å². The van der Waals surface area contributed by atoms with E-state index in [1.54, 1.807) is 18.1 Å². The first-order chi connectivity index (χ1) is 5.79. The van der Waals surface area contributed by atoms with Crippen LogP contribution in [0.5, 0.6) is 0 Å². The van der Waals surface area contributed by atoms with Crippen molar-refractivity contribution < 1.29 is 4.74 Å². The second-order valence-corrected chi connectivity index (χ2v) is 2.46. The van der Waals surface area contributed by atoms with E-state index < -0.39 is 0 Å². The monoisotopic (exact) mass is 167 g/mol. The Balaban J connectivity index is 2.70. The van der Waals surface area contributed by atoms with Gasteiger partial charge in [-0.25, -0.2) is 9.67 Å². The topological polar surface area (TPSA) is 39.9 Å². The molecule has 0 aliphatic carbocycles. The largest absolute Gasteiger partial charge is 0.375 e. The van der Waals surface area contributed by atoms with Crippen LogP contribution in [0, 0.1) is 0 Å². The van der Waals surface area contributed by atoms with Crippen LogP contribution in [0.4, 0.5) is 0 Å². The third kappa shape index (κ3) is 1.71. The molecule has 4 nitrogen and oxygen atoms in total. The van der Waals surface area contributed by atoms with Crippen LogP contribution >= 0.6 is 0 Å². The zero-order chi connectivity index (χ0) is 8.97. The van der Waals surface area contributed by atoms with Crippen LogP contribution in [0.15, 0.2) is 19.2 Å². The Labute approximate surface area is 71.9 Å². The Hall–Kier alpha value is -1.16. The summed E-state index contributed by atoms with van der Waals surface area (Å²) in [5.41, 5.74) is 0.817. The van der Waals surface area contributed by atoms with Gasteiger partial charge in [-0.2, -0.15) is 5.10 Å². The predicted octanol–water partition coefficient (Wildman–Crippen LogP) is 1.17. The fourth-order valence-corrected chi connectivity index (χ4v) is 1.04. The highest BCUT2D eigenvalue weighted by molar-refractivity contribution is 5.44. The van der Waals surface area contributed by atoms with E-state index in [0.29, 0.717) is 0 Å². The lowest BCUT2D eigenvalue weighted by Crippen LogP contribution is -2.15. The number of rotatable bonds is 4. The zero-order valence-electron chi connectivity index (χ0n) is 7.40. The highest BCUT2D eigenvalue weighted by atomic mass is 16.5. The Morgan fingerprint density at radius 2 is 2.50 bits per heavy atom. The molecular formula is C8H13N3O. The lowest BCUT2D eigenvalue weighted by molar-refractivity contribution is 0.140. The van der Waals surface area contributed by atoms with Crippen molar-refractivity contribution in [2.24, 2.45) is 0 Å². The molecule has 0 radical (unpaired) electrons. The Bertz CT molecular complexity index is 239. The molecule has 0 saturated carbocycles. The van der Waals surface area contributed by atoms with Crippen molar-refractivity contribution >= 4 is 5.70 Å². The van der Waals surface area contributed by atoms with Crippen LogP contribution in [0.3, 0.4) is 0 Å². The van der Waals surface area contributed by atoms with Gasteiger partial charge in [-0.15, -0.1) is 0 Å². The average Bonchev–Trinajstić information content (AvgIpc) is 2.58. The van der Waals surface area contributed by atoms with Gasteiger partial charge in [-0.1, -0.05) is 13.5 Å². The van der Waals surface area contributed by atoms with E-state index in [2.05, 4.69) is 16.7 Å². The molecule has 1 atom stereocenters. The first-order valence-electron chi connectivity index (χ1n) is 3.86. The highest BCUT2D eigenvalue weighted by Gasteiger charge is 2.10. The van der Waals surface area contributed by atoms with Crippen molar-refractivity contribution in [3.63, 3.8) is 0 Å². The summed E-state index contributed by atoms with van der Waals surface area (Å²) in [6.07, 6.45) is 4.00. The molecule has 0 fully saturated rings. The summed E-state index contributed by atoms with van der Waals surface area (Å²) in [6, 6.07) is 0. The number of hydrogen-bond donors (Lipinski definition) is 0. The van der Waals surface area contributed by atoms with E-state index in [4.69, 9.17) is 4.74 Å². The highest BCUT2D eigenvalue weighted by Crippen LogP contribution is 2.11. The van der Waals surface area contributed by atoms with E-state index in [1.807, 2.05) is 6.92 Å². The molecule has 1 unspecified atom stereocenters. The lowest BCUT2D eigenvalue weighted by atomic mass is 10.2. The number of methoxy groups -OCH3 is 1. The molecule has 0 aliphatic rings. The molecule has 0 aromatic carbocycles. The minimum absolute atomic E-state index is 0.0201. The molecule has 0 bridgehead atoms. The first kappa shape index (κ1) is 8.93. The SMILES string of the molecule is C=C(C(CC)OC)n1cncn1. The maximum absolute atomic E-state index is 5.20. The number of nitrogens with zero attached hydrogens (tertiary/aromatic N) is 3. The molecule has 1 aromatic rings. The summed E-state index contributed by atoms with van der Waals surface area (Å²) >= 11 is 0. The molecule has 0 aliphatic heterocycles. The van der Waals surface area contributed by atoms with Crippen LogP contribution in [0.1, 0.15) is 13.3 Å². The summed E-state index contributed by atoms with van der Waals surface area (Å²) in [7, 11) is 1.66. The maximum Gasteiger partial charge on any atom is 0.138 e. The van der Waals surface area contributed by atoms with Crippen molar-refractivity contribution in [2.75, 3.05) is 7.11 Å². The quantitative estimate of drug-likeness (QED) is 0.676. The second-order valence-electron chi connectivity index (χ2n) is 2.46. The number of aromatic nitrogens is 3. The van der Waals surface area contributed by atoms with Crippen molar-refractivity contribution in [3.8, 4) is 0 Å². The van der Waals surface area contributed by atoms with Crippen molar-refractivity contribution in [1.29, 1.82) is 0 Å². The van der Waals surface area contributed by atoms with Crippen LogP contribution in [0.2, 0.25) is 0 Å². The van der Waals surface area contributed by atoms with E-state index in [0.717, 1.165) is 12.1 Å². The van der Waals surface area contributed by atoms with Gasteiger partial charge in [-0.05, 0) is 6.42 Å². The Morgan fingerprint density at radius 1 is 1.75 bits per heavy atom. The molecule has 0 spiro atoms. The summed E-state index contributed by atoms with van der Waals surface area (Å²) in [4.78, 5) is 3.83. The summed E-state index contributed by atoms with van der Waals surface area (Å²) in [5, 5.41) is 3.96. The average molecular weight is 167 g/mol. The van der Waals surface area contributed by atoms with Crippen LogP contribution in [0.25, 0.3) is 5.70 Å². The fraction of sp³-hybridized carbons (Fsp3) is 0.500. The third-order valence-corrected chi connectivity index (χ3v) is 1.74. The second kappa shape index (κ2) is 4.01. The summed E-state index contributed by atoms with van der Waals surface area (Å²) in [6.45, 7) is 5.91. The van der Waals surface area contributed by atoms with Crippen molar-refractivity contribution in [3.05, 3.63) is 19.2 Å². The zero-order valence-corrected chi connectivity index (χ0v) is 7.40. The summed E-state index contributed by atoms with van der Waals surface area (Å²) in [5.74, 6) is 0. The molecule has 66 valence electrons. The minimum atomic E-state index is 0.0201. The van der Waals surface area contributed by atoms with Gasteiger partial charge in [0.2, 0.25) is 0 Å². The molecular weight excluding hydrogens is 154 g/mol. The van der Waals surface area contributed by atoms with Crippen LogP contribution < -0.4 is 0 Å². The Morgan fingerprint density at radius 3 is 2.92 bits per heavy atom. The van der Waals surface area contributed by atoms with Gasteiger partial charge in [-0.3, -0.25) is 0 Å². The molecule has 0 saturated heterocycles. The van der Waals surface area contributed by atoms with Crippen LogP contribution in [-0.4, -0.2) is 28.0 Å². The molecule has 0 N–H and O–H groups in total. The van der Waals surface area contributed by atoms with E-state index in [9.17, 15) is 0 Å². The smallest absolute Gasteiger partial charge is 0.138 e. The van der Waals surface area contributed by atoms with Crippen LogP contribution in [-0.2, 0) is 4.74 Å². The minimum Gasteiger partial charge on any atom is -0.375 e. The van der Waals surface area contributed by atoms with Gasteiger partial charge in [0.1, 0.15) is 12.7 Å². The predicted molar refractivity (Wildman–Crippen MR) is 46.4 cm³/mol. The maximum atomic E-state index is 5.20. The van der Waals surface area contributed by atoms with E-state index >= 15 is 0 Å². The normalized spacial score (nSPS) is 12.8. The van der Waals surface area contributed by atoms with Gasteiger partial charge in [0.15, 0.2) is 0 Å². The van der Waals surface area contributed by atoms with E-state index in [-0.39, 0.29) is 6.10 Å². The van der Waals surface area contributed by atoms with Gasteiger partial charge in [0.25, 0.3) is 0 Å². The molecule has 12 heavy (non-hydrogen) atoms. The third-order valence-electron chi connectivity index (χ3n) is 1.74.